The number of carbonyl (C=O) groups is 1. The third kappa shape index (κ3) is 3.05. The summed E-state index contributed by atoms with van der Waals surface area (Å²) in [6, 6.07) is 5.50. The molecule has 1 aromatic carbocycles. The van der Waals surface area contributed by atoms with Crippen LogP contribution in [0.3, 0.4) is 0 Å². The van der Waals surface area contributed by atoms with E-state index in [0.29, 0.717) is 18.0 Å². The monoisotopic (exact) mass is 271 g/mol. The van der Waals surface area contributed by atoms with Crippen molar-refractivity contribution in [2.75, 3.05) is 26.9 Å². The van der Waals surface area contributed by atoms with Crippen molar-refractivity contribution >= 4 is 17.6 Å². The van der Waals surface area contributed by atoms with Crippen LogP contribution in [-0.4, -0.2) is 42.9 Å². The molecule has 1 unspecified atom stereocenters. The smallest absolute Gasteiger partial charge is 0.317 e. The van der Waals surface area contributed by atoms with E-state index in [0.717, 1.165) is 5.56 Å². The largest absolute Gasteiger partial charge is 0.480 e. The van der Waals surface area contributed by atoms with Gasteiger partial charge in [-0.2, -0.15) is 0 Å². The first-order valence-corrected chi connectivity index (χ1v) is 5.94. The Kier molecular flexibility index (Phi) is 3.93. The molecule has 0 aromatic heterocycles. The zero-order chi connectivity index (χ0) is 13.1. The Bertz CT molecular complexity index is 452. The molecule has 1 aliphatic rings. The van der Waals surface area contributed by atoms with Crippen LogP contribution in [0.1, 0.15) is 10.9 Å². The highest BCUT2D eigenvalue weighted by Crippen LogP contribution is 2.35. The van der Waals surface area contributed by atoms with Gasteiger partial charge in [-0.1, -0.05) is 6.07 Å². The van der Waals surface area contributed by atoms with E-state index in [1.165, 1.54) is 0 Å². The number of ether oxygens (including phenoxy) is 2. The Labute approximate surface area is 110 Å². The molecular formula is C12H14ClNO4. The Balaban J connectivity index is 2.00. The highest BCUT2D eigenvalue weighted by Gasteiger charge is 2.18. The van der Waals surface area contributed by atoms with Crippen molar-refractivity contribution < 1.29 is 19.4 Å². The van der Waals surface area contributed by atoms with Crippen LogP contribution in [0.4, 0.5) is 0 Å². The van der Waals surface area contributed by atoms with Gasteiger partial charge in [0.25, 0.3) is 0 Å². The van der Waals surface area contributed by atoms with E-state index in [1.807, 2.05) is 18.2 Å². The van der Waals surface area contributed by atoms with Gasteiger partial charge in [-0.25, -0.2) is 0 Å². The average Bonchev–Trinajstić information content (AvgIpc) is 2.74. The summed E-state index contributed by atoms with van der Waals surface area (Å²) >= 11 is 6.26. The predicted molar refractivity (Wildman–Crippen MR) is 66.3 cm³/mol. The molecule has 1 aliphatic heterocycles. The van der Waals surface area contributed by atoms with Crippen molar-refractivity contribution in [2.24, 2.45) is 0 Å². The maximum atomic E-state index is 10.6. The molecule has 6 heteroatoms. The highest BCUT2D eigenvalue weighted by molar-refractivity contribution is 6.21. The number of alkyl halides is 1. The second kappa shape index (κ2) is 5.46. The highest BCUT2D eigenvalue weighted by atomic mass is 35.5. The van der Waals surface area contributed by atoms with E-state index in [4.69, 9.17) is 26.2 Å². The van der Waals surface area contributed by atoms with Crippen LogP contribution < -0.4 is 9.47 Å². The maximum absolute atomic E-state index is 10.6. The molecule has 18 heavy (non-hydrogen) atoms. The lowest BCUT2D eigenvalue weighted by Gasteiger charge is -2.18. The van der Waals surface area contributed by atoms with Gasteiger partial charge in [-0.15, -0.1) is 11.6 Å². The lowest BCUT2D eigenvalue weighted by Crippen LogP contribution is -2.28. The number of nitrogens with zero attached hydrogens (tertiary/aromatic N) is 1. The van der Waals surface area contributed by atoms with Gasteiger partial charge in [0, 0.05) is 6.54 Å². The molecule has 1 N–H and O–H groups in total. The van der Waals surface area contributed by atoms with E-state index in [-0.39, 0.29) is 18.7 Å². The lowest BCUT2D eigenvalue weighted by molar-refractivity contribution is -0.137. The molecule has 0 aliphatic carbocycles. The summed E-state index contributed by atoms with van der Waals surface area (Å²) in [5, 5.41) is 8.38. The predicted octanol–water partition coefficient (Wildman–Crippen LogP) is 1.71. The average molecular weight is 272 g/mol. The fourth-order valence-electron chi connectivity index (χ4n) is 1.78. The molecule has 0 radical (unpaired) electrons. The third-order valence-corrected chi connectivity index (χ3v) is 3.03. The number of likely N-dealkylation sites (N-methyl/N-ethyl adjacent to an activating group) is 1. The van der Waals surface area contributed by atoms with Crippen LogP contribution in [0.25, 0.3) is 0 Å². The van der Waals surface area contributed by atoms with Crippen LogP contribution in [0.5, 0.6) is 11.5 Å². The van der Waals surface area contributed by atoms with Crippen LogP contribution in [-0.2, 0) is 4.79 Å². The molecular weight excluding hydrogens is 258 g/mol. The number of hydrogen-bond acceptors (Lipinski definition) is 4. The van der Waals surface area contributed by atoms with Gasteiger partial charge in [0.2, 0.25) is 6.79 Å². The third-order valence-electron chi connectivity index (χ3n) is 2.64. The molecule has 1 aromatic rings. The summed E-state index contributed by atoms with van der Waals surface area (Å²) in [7, 11) is 1.72. The van der Waals surface area contributed by atoms with Crippen molar-refractivity contribution in [3.8, 4) is 11.5 Å². The Hall–Kier alpha value is -1.46. The maximum Gasteiger partial charge on any atom is 0.317 e. The molecule has 0 spiro atoms. The second-order valence-electron chi connectivity index (χ2n) is 4.17. The fraction of sp³-hybridized carbons (Fsp3) is 0.417. The summed E-state index contributed by atoms with van der Waals surface area (Å²) in [5.41, 5.74) is 0.887. The number of carboxylic acids is 1. The van der Waals surface area contributed by atoms with Crippen molar-refractivity contribution in [3.63, 3.8) is 0 Å². The zero-order valence-corrected chi connectivity index (χ0v) is 10.7. The summed E-state index contributed by atoms with van der Waals surface area (Å²) < 4.78 is 10.5. The van der Waals surface area contributed by atoms with Gasteiger partial charge in [0.1, 0.15) is 0 Å². The molecule has 1 heterocycles. The number of hydrogen-bond donors (Lipinski definition) is 1. The first-order chi connectivity index (χ1) is 8.56. The number of carboxylic acid groups (broad SMARTS) is 1. The van der Waals surface area contributed by atoms with Gasteiger partial charge < -0.3 is 14.6 Å². The van der Waals surface area contributed by atoms with E-state index >= 15 is 0 Å². The SMILES string of the molecule is CN(CC(=O)O)CC(Cl)c1ccc2c(c1)OCO2. The Morgan fingerprint density at radius 2 is 2.22 bits per heavy atom. The number of aliphatic carboxylic acids is 1. The summed E-state index contributed by atoms with van der Waals surface area (Å²) in [5.74, 6) is 0.521. The molecule has 0 saturated carbocycles. The standard InChI is InChI=1S/C12H14ClNO4/c1-14(6-12(15)16)5-9(13)8-2-3-10-11(4-8)18-7-17-10/h2-4,9H,5-7H2,1H3,(H,15,16). The van der Waals surface area contributed by atoms with Crippen molar-refractivity contribution in [1.82, 2.24) is 4.90 Å². The van der Waals surface area contributed by atoms with Crippen LogP contribution in [0, 0.1) is 0 Å². The van der Waals surface area contributed by atoms with Gasteiger partial charge in [0.15, 0.2) is 11.5 Å². The van der Waals surface area contributed by atoms with Crippen LogP contribution >= 0.6 is 11.6 Å². The second-order valence-corrected chi connectivity index (χ2v) is 4.70. The number of halogens is 1. The minimum atomic E-state index is -0.868. The molecule has 5 nitrogen and oxygen atoms in total. The molecule has 0 amide bonds. The number of benzene rings is 1. The van der Waals surface area contributed by atoms with Gasteiger partial charge in [-0.3, -0.25) is 9.69 Å². The lowest BCUT2D eigenvalue weighted by atomic mass is 10.1. The first kappa shape index (κ1) is 13.0. The normalized spacial score (nSPS) is 14.8. The quantitative estimate of drug-likeness (QED) is 0.826. The summed E-state index contributed by atoms with van der Waals surface area (Å²) in [4.78, 5) is 12.2. The first-order valence-electron chi connectivity index (χ1n) is 5.50. The van der Waals surface area contributed by atoms with E-state index < -0.39 is 5.97 Å². The fourth-order valence-corrected chi connectivity index (χ4v) is 2.15. The molecule has 98 valence electrons. The van der Waals surface area contributed by atoms with Crippen molar-refractivity contribution in [1.29, 1.82) is 0 Å². The molecule has 1 atom stereocenters. The van der Waals surface area contributed by atoms with E-state index in [2.05, 4.69) is 0 Å². The van der Waals surface area contributed by atoms with Crippen LogP contribution in [0.2, 0.25) is 0 Å². The van der Waals surface area contributed by atoms with E-state index in [1.54, 1.807) is 11.9 Å². The van der Waals surface area contributed by atoms with Crippen molar-refractivity contribution in [2.45, 2.75) is 5.38 Å². The zero-order valence-electron chi connectivity index (χ0n) is 9.93. The van der Waals surface area contributed by atoms with Crippen LogP contribution in [0.15, 0.2) is 18.2 Å². The Morgan fingerprint density at radius 1 is 1.50 bits per heavy atom. The minimum Gasteiger partial charge on any atom is -0.480 e. The van der Waals surface area contributed by atoms with E-state index in [9.17, 15) is 4.79 Å². The molecule has 0 saturated heterocycles. The van der Waals surface area contributed by atoms with Gasteiger partial charge in [-0.05, 0) is 24.7 Å². The number of rotatable bonds is 5. The van der Waals surface area contributed by atoms with Gasteiger partial charge in [0.05, 0.1) is 11.9 Å². The molecule has 0 bridgehead atoms. The Morgan fingerprint density at radius 3 is 2.94 bits per heavy atom. The van der Waals surface area contributed by atoms with Crippen molar-refractivity contribution in [3.05, 3.63) is 23.8 Å². The summed E-state index contributed by atoms with van der Waals surface area (Å²) in [6.45, 7) is 0.645. The molecule has 2 rings (SSSR count). The number of fused-ring (bicyclic) bond motifs is 1. The minimum absolute atomic E-state index is 0.0340. The summed E-state index contributed by atoms with van der Waals surface area (Å²) in [6.07, 6.45) is 0. The topological polar surface area (TPSA) is 59.0 Å². The molecule has 0 fully saturated rings. The van der Waals surface area contributed by atoms with Gasteiger partial charge >= 0.3 is 5.97 Å².